The summed E-state index contributed by atoms with van der Waals surface area (Å²) < 4.78 is 30.5. The highest BCUT2D eigenvalue weighted by Crippen LogP contribution is 2.49. The zero-order valence-corrected chi connectivity index (χ0v) is 17.7. The minimum absolute atomic E-state index is 0.658. The Balaban J connectivity index is 2.19. The Morgan fingerprint density at radius 3 is 1.58 bits per heavy atom. The Labute approximate surface area is 157 Å². The van der Waals surface area contributed by atoms with Crippen molar-refractivity contribution in [2.24, 2.45) is 0 Å². The number of rotatable bonds is 6. The van der Waals surface area contributed by atoms with Crippen LogP contribution in [-0.4, -0.2) is 44.8 Å². The molecule has 0 N–H and O–H groups in total. The minimum atomic E-state index is -3.22. The highest BCUT2D eigenvalue weighted by atomic mass is 29.3. The molecule has 2 aromatic carbocycles. The maximum absolute atomic E-state index is 6.84. The van der Waals surface area contributed by atoms with E-state index in [0.29, 0.717) is 0 Å². The first-order valence-electron chi connectivity index (χ1n) is 8.64. The van der Waals surface area contributed by atoms with E-state index in [0.717, 1.165) is 23.6 Å². The molecule has 1 saturated heterocycles. The Morgan fingerprint density at radius 2 is 1.19 bits per heavy atom. The molecule has 1 aliphatic rings. The molecule has 2 aromatic rings. The summed E-state index contributed by atoms with van der Waals surface area (Å²) in [6, 6.07) is 21.2. The van der Waals surface area contributed by atoms with Crippen LogP contribution in [0.15, 0.2) is 60.7 Å². The van der Waals surface area contributed by atoms with Gasteiger partial charge in [-0.05, 0) is 23.6 Å². The molecule has 0 aromatic heterocycles. The summed E-state index contributed by atoms with van der Waals surface area (Å²) in [4.78, 5) is 0. The SMILES string of the molecule is CO[Si]1(OC)CCC(c2ccccc2)(c2ccccc2)O[Si]1(OC)OC. The maximum Gasteiger partial charge on any atom is 0.539 e. The monoisotopic (exact) mass is 390 g/mol. The molecule has 5 nitrogen and oxygen atoms in total. The van der Waals surface area contributed by atoms with Gasteiger partial charge in [0.1, 0.15) is 5.60 Å². The average Bonchev–Trinajstić information content (AvgIpc) is 2.74. The highest BCUT2D eigenvalue weighted by molar-refractivity contribution is 7.29. The van der Waals surface area contributed by atoms with E-state index in [1.807, 2.05) is 36.4 Å². The third kappa shape index (κ3) is 2.89. The van der Waals surface area contributed by atoms with Crippen molar-refractivity contribution in [2.45, 2.75) is 18.1 Å². The molecule has 0 saturated carbocycles. The van der Waals surface area contributed by atoms with Gasteiger partial charge in [0.2, 0.25) is 0 Å². The lowest BCUT2D eigenvalue weighted by molar-refractivity contribution is -0.00947. The van der Waals surface area contributed by atoms with Crippen molar-refractivity contribution in [3.8, 4) is 0 Å². The van der Waals surface area contributed by atoms with Crippen molar-refractivity contribution >= 4 is 16.4 Å². The maximum atomic E-state index is 6.84. The van der Waals surface area contributed by atoms with Crippen LogP contribution in [0, 0.1) is 0 Å². The van der Waals surface area contributed by atoms with Gasteiger partial charge in [-0.15, -0.1) is 0 Å². The second-order valence-electron chi connectivity index (χ2n) is 6.29. The van der Waals surface area contributed by atoms with E-state index >= 15 is 0 Å². The smallest absolute Gasteiger partial charge is 0.395 e. The predicted molar refractivity (Wildman–Crippen MR) is 104 cm³/mol. The molecular formula is C19H26O5Si2. The fraction of sp³-hybridized carbons (Fsp3) is 0.368. The summed E-state index contributed by atoms with van der Waals surface area (Å²) in [7, 11) is 0.571. The summed E-state index contributed by atoms with van der Waals surface area (Å²) in [5, 5.41) is 0. The highest BCUT2D eigenvalue weighted by Gasteiger charge is 2.72. The summed E-state index contributed by atoms with van der Waals surface area (Å²) in [6.45, 7) is 0. The van der Waals surface area contributed by atoms with E-state index < -0.39 is 22.0 Å². The van der Waals surface area contributed by atoms with Crippen LogP contribution >= 0.6 is 0 Å². The van der Waals surface area contributed by atoms with E-state index in [1.54, 1.807) is 28.4 Å². The second-order valence-corrected chi connectivity index (χ2v) is 15.4. The first-order valence-corrected chi connectivity index (χ1v) is 13.4. The molecule has 0 unspecified atom stereocenters. The Kier molecular flexibility index (Phi) is 5.78. The van der Waals surface area contributed by atoms with E-state index in [9.17, 15) is 0 Å². The summed E-state index contributed by atoms with van der Waals surface area (Å²) in [6.07, 6.45) is 0.733. The lowest BCUT2D eigenvalue weighted by Gasteiger charge is -2.51. The molecule has 0 radical (unpaired) electrons. The normalized spacial score (nSPS) is 20.6. The van der Waals surface area contributed by atoms with Gasteiger partial charge in [0, 0.05) is 28.4 Å². The molecule has 0 amide bonds. The molecule has 0 spiro atoms. The molecule has 1 aliphatic heterocycles. The van der Waals surface area contributed by atoms with E-state index in [-0.39, 0.29) is 0 Å². The summed E-state index contributed by atoms with van der Waals surface area (Å²) >= 11 is 0. The zero-order valence-electron chi connectivity index (χ0n) is 15.7. The predicted octanol–water partition coefficient (Wildman–Crippen LogP) is 3.40. The summed E-state index contributed by atoms with van der Waals surface area (Å²) in [5.74, 6) is 0. The van der Waals surface area contributed by atoms with Crippen LogP contribution in [0.1, 0.15) is 17.5 Å². The molecule has 140 valence electrons. The molecule has 3 rings (SSSR count). The van der Waals surface area contributed by atoms with Gasteiger partial charge in [-0.2, -0.15) is 0 Å². The van der Waals surface area contributed by atoms with Gasteiger partial charge in [-0.1, -0.05) is 60.7 Å². The standard InChI is InChI=1S/C19H26O5Si2/c1-20-25(21-2)16-15-19(17-11-7-5-8-12-17,18-13-9-6-10-14-18)24-26(25,22-3)23-4/h5-14H,15-16H2,1-4H3. The van der Waals surface area contributed by atoms with Crippen molar-refractivity contribution in [1.29, 1.82) is 0 Å². The fourth-order valence-corrected chi connectivity index (χ4v) is 13.5. The van der Waals surface area contributed by atoms with E-state index in [4.69, 9.17) is 22.1 Å². The van der Waals surface area contributed by atoms with E-state index in [1.165, 1.54) is 0 Å². The minimum Gasteiger partial charge on any atom is -0.395 e. The molecule has 1 fully saturated rings. The lowest BCUT2D eigenvalue weighted by atomic mass is 9.84. The van der Waals surface area contributed by atoms with Crippen LogP contribution in [0.3, 0.4) is 0 Å². The van der Waals surface area contributed by atoms with E-state index in [2.05, 4.69) is 24.3 Å². The third-order valence-electron chi connectivity index (χ3n) is 5.26. The van der Waals surface area contributed by atoms with Gasteiger partial charge in [-0.25, -0.2) is 0 Å². The number of hydrogen-bond acceptors (Lipinski definition) is 5. The Hall–Kier alpha value is -1.33. The molecule has 0 atom stereocenters. The number of benzene rings is 2. The molecule has 7 heteroatoms. The van der Waals surface area contributed by atoms with Crippen LogP contribution in [0.4, 0.5) is 0 Å². The second kappa shape index (κ2) is 7.73. The third-order valence-corrected chi connectivity index (χ3v) is 16.4. The molecule has 0 bridgehead atoms. The summed E-state index contributed by atoms with van der Waals surface area (Å²) in [5.41, 5.74) is 1.49. The fourth-order valence-electron chi connectivity index (χ4n) is 3.85. The van der Waals surface area contributed by atoms with Crippen LogP contribution in [0.5, 0.6) is 0 Å². The average molecular weight is 391 g/mol. The van der Waals surface area contributed by atoms with Gasteiger partial charge in [0.15, 0.2) is 0 Å². The molecular weight excluding hydrogens is 364 g/mol. The first-order chi connectivity index (χ1) is 12.6. The van der Waals surface area contributed by atoms with Crippen molar-refractivity contribution < 1.29 is 22.1 Å². The van der Waals surface area contributed by atoms with Gasteiger partial charge < -0.3 is 22.1 Å². The van der Waals surface area contributed by atoms with Crippen molar-refractivity contribution in [2.75, 3.05) is 28.4 Å². The number of hydrogen-bond donors (Lipinski definition) is 0. The van der Waals surface area contributed by atoms with Crippen LogP contribution in [0.25, 0.3) is 0 Å². The zero-order chi connectivity index (χ0) is 18.7. The van der Waals surface area contributed by atoms with Crippen molar-refractivity contribution in [3.63, 3.8) is 0 Å². The van der Waals surface area contributed by atoms with Gasteiger partial charge >= 0.3 is 16.4 Å². The van der Waals surface area contributed by atoms with Gasteiger partial charge in [-0.3, -0.25) is 0 Å². The van der Waals surface area contributed by atoms with Crippen LogP contribution in [0.2, 0.25) is 6.04 Å². The van der Waals surface area contributed by atoms with Gasteiger partial charge in [0.25, 0.3) is 0 Å². The van der Waals surface area contributed by atoms with Crippen molar-refractivity contribution in [1.82, 2.24) is 0 Å². The lowest BCUT2D eigenvalue weighted by Crippen LogP contribution is -2.75. The first kappa shape index (κ1) is 19.4. The quantitative estimate of drug-likeness (QED) is 0.708. The Morgan fingerprint density at radius 1 is 0.731 bits per heavy atom. The molecule has 26 heavy (non-hydrogen) atoms. The van der Waals surface area contributed by atoms with Crippen molar-refractivity contribution in [3.05, 3.63) is 71.8 Å². The Bertz CT molecular complexity index is 663. The largest absolute Gasteiger partial charge is 0.539 e. The molecule has 0 aliphatic carbocycles. The van der Waals surface area contributed by atoms with Gasteiger partial charge in [0.05, 0.1) is 0 Å². The topological polar surface area (TPSA) is 46.2 Å². The van der Waals surface area contributed by atoms with Crippen LogP contribution in [-0.2, 0) is 27.7 Å². The van der Waals surface area contributed by atoms with Crippen LogP contribution < -0.4 is 0 Å². The molecule has 1 heterocycles.